The molecule has 0 saturated heterocycles. The molecule has 0 bridgehead atoms. The van der Waals surface area contributed by atoms with Crippen molar-refractivity contribution >= 4 is 16.9 Å². The summed E-state index contributed by atoms with van der Waals surface area (Å²) < 4.78 is 18.3. The lowest BCUT2D eigenvalue weighted by Gasteiger charge is -2.25. The van der Waals surface area contributed by atoms with Crippen LogP contribution in [0, 0.1) is 5.82 Å². The second kappa shape index (κ2) is 4.99. The van der Waals surface area contributed by atoms with Crippen molar-refractivity contribution < 1.29 is 23.8 Å². The Hall–Kier alpha value is -1.92. The molecule has 2 aromatic rings. The molecule has 1 heterocycles. The second-order valence-electron chi connectivity index (χ2n) is 4.62. The molecule has 1 amide bonds. The number of nitrogens with one attached hydrogen (secondary N) is 1. The molecule has 0 radical (unpaired) electrons. The highest BCUT2D eigenvalue weighted by Crippen LogP contribution is 2.20. The van der Waals surface area contributed by atoms with Crippen LogP contribution >= 0.6 is 0 Å². The average molecular weight is 267 g/mol. The van der Waals surface area contributed by atoms with E-state index in [1.54, 1.807) is 0 Å². The van der Waals surface area contributed by atoms with Crippen LogP contribution in [0.25, 0.3) is 11.0 Å². The van der Waals surface area contributed by atoms with Crippen LogP contribution in [0.4, 0.5) is 4.39 Å². The molecule has 2 rings (SSSR count). The fourth-order valence-electron chi connectivity index (χ4n) is 1.59. The molecule has 0 aliphatic heterocycles. The van der Waals surface area contributed by atoms with Gasteiger partial charge < -0.3 is 19.9 Å². The first kappa shape index (κ1) is 13.5. The molecule has 6 heteroatoms. The maximum absolute atomic E-state index is 13.0. The number of fused-ring (bicyclic) bond motifs is 1. The fourth-order valence-corrected chi connectivity index (χ4v) is 1.59. The molecule has 0 atom stereocenters. The molecule has 1 aromatic heterocycles. The molecule has 0 aliphatic carbocycles. The molecule has 5 nitrogen and oxygen atoms in total. The Labute approximate surface area is 108 Å². The molecular weight excluding hydrogens is 253 g/mol. The fraction of sp³-hybridized carbons (Fsp3) is 0.308. The van der Waals surface area contributed by atoms with Gasteiger partial charge >= 0.3 is 0 Å². The summed E-state index contributed by atoms with van der Waals surface area (Å²) in [5, 5.41) is 21.1. The van der Waals surface area contributed by atoms with Crippen LogP contribution < -0.4 is 5.32 Å². The van der Waals surface area contributed by atoms with Crippen LogP contribution in [0.3, 0.4) is 0 Å². The summed E-state index contributed by atoms with van der Waals surface area (Å²) >= 11 is 0. The maximum Gasteiger partial charge on any atom is 0.287 e. The molecule has 1 aromatic carbocycles. The Kier molecular flexibility index (Phi) is 3.55. The van der Waals surface area contributed by atoms with Crippen LogP contribution in [-0.4, -0.2) is 34.9 Å². The highest BCUT2D eigenvalue weighted by Gasteiger charge is 2.26. The van der Waals surface area contributed by atoms with Gasteiger partial charge in [0.2, 0.25) is 0 Å². The third-order valence-corrected chi connectivity index (χ3v) is 2.82. The summed E-state index contributed by atoms with van der Waals surface area (Å²) in [6.45, 7) is 0.668. The van der Waals surface area contributed by atoms with Gasteiger partial charge in [0.05, 0.1) is 18.8 Å². The largest absolute Gasteiger partial charge is 0.451 e. The topological polar surface area (TPSA) is 82.7 Å². The summed E-state index contributed by atoms with van der Waals surface area (Å²) in [7, 11) is 0. The summed E-state index contributed by atoms with van der Waals surface area (Å²) in [5.74, 6) is -1.01. The number of halogens is 1. The van der Waals surface area contributed by atoms with E-state index in [-0.39, 0.29) is 5.76 Å². The Morgan fingerprint density at radius 1 is 1.37 bits per heavy atom. The van der Waals surface area contributed by atoms with Gasteiger partial charge in [-0.05, 0) is 31.2 Å². The predicted molar refractivity (Wildman–Crippen MR) is 66.2 cm³/mol. The van der Waals surface area contributed by atoms with E-state index in [4.69, 9.17) is 14.6 Å². The normalized spacial score (nSPS) is 11.8. The van der Waals surface area contributed by atoms with Gasteiger partial charge in [0.15, 0.2) is 5.76 Å². The predicted octanol–water partition coefficient (Wildman–Crippen LogP) is 1.04. The highest BCUT2D eigenvalue weighted by molar-refractivity contribution is 5.96. The lowest BCUT2D eigenvalue weighted by molar-refractivity contribution is 0.0702. The van der Waals surface area contributed by atoms with Gasteiger partial charge in [0, 0.05) is 5.39 Å². The highest BCUT2D eigenvalue weighted by atomic mass is 19.1. The van der Waals surface area contributed by atoms with Gasteiger partial charge in [-0.3, -0.25) is 4.79 Å². The van der Waals surface area contributed by atoms with Gasteiger partial charge in [0.25, 0.3) is 5.91 Å². The van der Waals surface area contributed by atoms with Crippen LogP contribution in [0.5, 0.6) is 0 Å². The van der Waals surface area contributed by atoms with Crippen molar-refractivity contribution in [2.45, 2.75) is 12.5 Å². The number of carbonyl (C=O) groups is 1. The Balaban J connectivity index is 2.27. The van der Waals surface area contributed by atoms with Crippen molar-refractivity contribution in [3.63, 3.8) is 0 Å². The Bertz CT molecular complexity index is 604. The van der Waals surface area contributed by atoms with Crippen molar-refractivity contribution in [3.8, 4) is 0 Å². The SMILES string of the molecule is CC(CO)(CO)NC(=O)c1cc2cc(F)ccc2o1. The Morgan fingerprint density at radius 2 is 2.05 bits per heavy atom. The van der Waals surface area contributed by atoms with Crippen LogP contribution in [0.2, 0.25) is 0 Å². The smallest absolute Gasteiger partial charge is 0.287 e. The number of aliphatic hydroxyl groups is 2. The van der Waals surface area contributed by atoms with Gasteiger partial charge in [-0.1, -0.05) is 0 Å². The minimum Gasteiger partial charge on any atom is -0.451 e. The van der Waals surface area contributed by atoms with E-state index >= 15 is 0 Å². The van der Waals surface area contributed by atoms with Gasteiger partial charge in [-0.15, -0.1) is 0 Å². The number of benzene rings is 1. The minimum absolute atomic E-state index is 0.00581. The summed E-state index contributed by atoms with van der Waals surface area (Å²) in [6, 6.07) is 5.33. The first-order chi connectivity index (χ1) is 8.97. The molecule has 0 unspecified atom stereocenters. The van der Waals surface area contributed by atoms with Crippen molar-refractivity contribution in [1.29, 1.82) is 0 Å². The molecule has 19 heavy (non-hydrogen) atoms. The molecule has 0 spiro atoms. The van der Waals surface area contributed by atoms with Crippen molar-refractivity contribution in [2.24, 2.45) is 0 Å². The number of amides is 1. The molecule has 0 aliphatic rings. The van der Waals surface area contributed by atoms with E-state index in [2.05, 4.69) is 5.32 Å². The minimum atomic E-state index is -1.14. The van der Waals surface area contributed by atoms with Crippen LogP contribution in [0.15, 0.2) is 28.7 Å². The van der Waals surface area contributed by atoms with E-state index in [0.29, 0.717) is 11.0 Å². The Morgan fingerprint density at radius 3 is 2.68 bits per heavy atom. The van der Waals surface area contributed by atoms with Crippen molar-refractivity contribution in [1.82, 2.24) is 5.32 Å². The number of rotatable bonds is 4. The first-order valence-electron chi connectivity index (χ1n) is 5.71. The lowest BCUT2D eigenvalue weighted by Crippen LogP contribution is -2.51. The van der Waals surface area contributed by atoms with Gasteiger partial charge in [-0.25, -0.2) is 4.39 Å². The molecule has 102 valence electrons. The van der Waals surface area contributed by atoms with E-state index in [1.165, 1.54) is 31.2 Å². The second-order valence-corrected chi connectivity index (χ2v) is 4.62. The van der Waals surface area contributed by atoms with Crippen molar-refractivity contribution in [3.05, 3.63) is 35.8 Å². The number of hydrogen-bond acceptors (Lipinski definition) is 4. The zero-order chi connectivity index (χ0) is 14.0. The van der Waals surface area contributed by atoms with E-state index < -0.39 is 30.5 Å². The standard InChI is InChI=1S/C13H14FNO4/c1-13(6-16,7-17)15-12(18)11-5-8-4-9(14)2-3-10(8)19-11/h2-5,16-17H,6-7H2,1H3,(H,15,18). The van der Waals surface area contributed by atoms with Crippen LogP contribution in [-0.2, 0) is 0 Å². The number of aliphatic hydroxyl groups excluding tert-OH is 2. The average Bonchev–Trinajstić information content (AvgIpc) is 2.81. The first-order valence-corrected chi connectivity index (χ1v) is 5.71. The third kappa shape index (κ3) is 2.74. The third-order valence-electron chi connectivity index (χ3n) is 2.82. The number of furan rings is 1. The summed E-state index contributed by atoms with van der Waals surface area (Å²) in [5.41, 5.74) is -0.748. The lowest BCUT2D eigenvalue weighted by atomic mass is 10.1. The summed E-state index contributed by atoms with van der Waals surface area (Å²) in [4.78, 5) is 11.9. The molecule has 0 saturated carbocycles. The number of carbonyl (C=O) groups excluding carboxylic acids is 1. The van der Waals surface area contributed by atoms with Crippen LogP contribution in [0.1, 0.15) is 17.5 Å². The van der Waals surface area contributed by atoms with Gasteiger partial charge in [-0.2, -0.15) is 0 Å². The van der Waals surface area contributed by atoms with E-state index in [1.807, 2.05) is 0 Å². The van der Waals surface area contributed by atoms with E-state index in [0.717, 1.165) is 0 Å². The number of hydrogen-bond donors (Lipinski definition) is 3. The zero-order valence-corrected chi connectivity index (χ0v) is 10.3. The summed E-state index contributed by atoms with van der Waals surface area (Å²) in [6.07, 6.45) is 0. The molecule has 0 fully saturated rings. The van der Waals surface area contributed by atoms with Gasteiger partial charge in [0.1, 0.15) is 11.4 Å². The van der Waals surface area contributed by atoms with E-state index in [9.17, 15) is 9.18 Å². The monoisotopic (exact) mass is 267 g/mol. The quantitative estimate of drug-likeness (QED) is 0.773. The maximum atomic E-state index is 13.0. The van der Waals surface area contributed by atoms with Crippen molar-refractivity contribution in [2.75, 3.05) is 13.2 Å². The molecule has 3 N–H and O–H groups in total. The zero-order valence-electron chi connectivity index (χ0n) is 10.3. The molecular formula is C13H14FNO4.